The van der Waals surface area contributed by atoms with E-state index in [9.17, 15) is 0 Å². The van der Waals surface area contributed by atoms with Crippen LogP contribution in [0.25, 0.3) is 0 Å². The molecule has 58 valence electrons. The molecule has 0 radical (unpaired) electrons. The highest BCUT2D eigenvalue weighted by Gasteiger charge is 2.22. The minimum atomic E-state index is 0.588. The molecule has 0 saturated carbocycles. The molecule has 0 saturated heterocycles. The molecule has 0 bridgehead atoms. The lowest BCUT2D eigenvalue weighted by Crippen LogP contribution is -2.09. The summed E-state index contributed by atoms with van der Waals surface area (Å²) >= 11 is 1.84. The predicted molar refractivity (Wildman–Crippen MR) is 49.8 cm³/mol. The molecule has 0 aromatic rings. The maximum atomic E-state index is 5.76. The standard InChI is InChI=1S/C9H11NS/c1-6-4-8(10)5-7-2-3-11-9(6)7/h2-4,7H,5,10H2,1H3. The van der Waals surface area contributed by atoms with Crippen molar-refractivity contribution in [2.24, 2.45) is 11.7 Å². The number of hydrogen-bond donors (Lipinski definition) is 1. The van der Waals surface area contributed by atoms with E-state index in [-0.39, 0.29) is 0 Å². The van der Waals surface area contributed by atoms with Gasteiger partial charge in [-0.3, -0.25) is 0 Å². The quantitative estimate of drug-likeness (QED) is 0.596. The zero-order valence-corrected chi connectivity index (χ0v) is 7.32. The Labute approximate surface area is 71.0 Å². The van der Waals surface area contributed by atoms with Gasteiger partial charge in [0, 0.05) is 11.6 Å². The summed E-state index contributed by atoms with van der Waals surface area (Å²) in [5, 5.41) is 2.16. The molecule has 1 aliphatic heterocycles. The van der Waals surface area contributed by atoms with Crippen molar-refractivity contribution in [2.45, 2.75) is 13.3 Å². The van der Waals surface area contributed by atoms with E-state index in [2.05, 4.69) is 24.5 Å². The number of fused-ring (bicyclic) bond motifs is 1. The first-order chi connectivity index (χ1) is 5.27. The van der Waals surface area contributed by atoms with Crippen molar-refractivity contribution >= 4 is 11.8 Å². The van der Waals surface area contributed by atoms with E-state index < -0.39 is 0 Å². The van der Waals surface area contributed by atoms with E-state index in [1.54, 1.807) is 0 Å². The number of allylic oxidation sites excluding steroid dienone is 5. The average molecular weight is 165 g/mol. The Morgan fingerprint density at radius 1 is 1.64 bits per heavy atom. The van der Waals surface area contributed by atoms with Gasteiger partial charge in [-0.15, -0.1) is 11.8 Å². The molecular weight excluding hydrogens is 154 g/mol. The van der Waals surface area contributed by atoms with E-state index >= 15 is 0 Å². The molecule has 0 spiro atoms. The van der Waals surface area contributed by atoms with Crippen molar-refractivity contribution in [3.8, 4) is 0 Å². The van der Waals surface area contributed by atoms with Gasteiger partial charge in [-0.25, -0.2) is 0 Å². The van der Waals surface area contributed by atoms with E-state index in [1.165, 1.54) is 10.5 Å². The van der Waals surface area contributed by atoms with E-state index in [0.29, 0.717) is 5.92 Å². The third kappa shape index (κ3) is 1.11. The summed E-state index contributed by atoms with van der Waals surface area (Å²) in [6, 6.07) is 0. The Bertz CT molecular complexity index is 273. The molecule has 0 fully saturated rings. The molecule has 0 aromatic carbocycles. The van der Waals surface area contributed by atoms with Gasteiger partial charge in [0.15, 0.2) is 0 Å². The van der Waals surface area contributed by atoms with Crippen LogP contribution in [0.2, 0.25) is 0 Å². The van der Waals surface area contributed by atoms with Gasteiger partial charge in [0.25, 0.3) is 0 Å². The van der Waals surface area contributed by atoms with Gasteiger partial charge in [0.1, 0.15) is 0 Å². The SMILES string of the molecule is CC1=C2SC=CC2CC(N)=C1. The Balaban J connectivity index is 2.39. The molecule has 2 N–H and O–H groups in total. The minimum Gasteiger partial charge on any atom is -0.402 e. The van der Waals surface area contributed by atoms with Crippen molar-refractivity contribution < 1.29 is 0 Å². The highest BCUT2D eigenvalue weighted by atomic mass is 32.2. The number of rotatable bonds is 0. The second-order valence-corrected chi connectivity index (χ2v) is 3.97. The summed E-state index contributed by atoms with van der Waals surface area (Å²) in [6.07, 6.45) is 5.34. The summed E-state index contributed by atoms with van der Waals surface area (Å²) in [5.74, 6) is 0.588. The second-order valence-electron chi connectivity index (χ2n) is 3.02. The second kappa shape index (κ2) is 2.45. The number of thioether (sulfide) groups is 1. The molecule has 1 unspecified atom stereocenters. The van der Waals surface area contributed by atoms with Crippen LogP contribution >= 0.6 is 11.8 Å². The van der Waals surface area contributed by atoms with Gasteiger partial charge in [0.2, 0.25) is 0 Å². The molecule has 0 amide bonds. The molecule has 2 rings (SSSR count). The van der Waals surface area contributed by atoms with E-state index in [4.69, 9.17) is 5.73 Å². The highest BCUT2D eigenvalue weighted by molar-refractivity contribution is 8.06. The fraction of sp³-hybridized carbons (Fsp3) is 0.333. The molecule has 1 aliphatic carbocycles. The fourth-order valence-corrected chi connectivity index (χ4v) is 2.59. The molecule has 0 aromatic heterocycles. The van der Waals surface area contributed by atoms with Crippen molar-refractivity contribution in [1.29, 1.82) is 0 Å². The summed E-state index contributed by atoms with van der Waals surface area (Å²) in [7, 11) is 0. The van der Waals surface area contributed by atoms with Crippen LogP contribution in [0.3, 0.4) is 0 Å². The zero-order chi connectivity index (χ0) is 7.84. The lowest BCUT2D eigenvalue weighted by Gasteiger charge is -2.17. The van der Waals surface area contributed by atoms with E-state index in [0.717, 1.165) is 12.1 Å². The Hall–Kier alpha value is -0.630. The Morgan fingerprint density at radius 2 is 2.45 bits per heavy atom. The summed E-state index contributed by atoms with van der Waals surface area (Å²) in [4.78, 5) is 1.49. The topological polar surface area (TPSA) is 26.0 Å². The van der Waals surface area contributed by atoms with Gasteiger partial charge >= 0.3 is 0 Å². The van der Waals surface area contributed by atoms with Crippen LogP contribution < -0.4 is 5.73 Å². The fourth-order valence-electron chi connectivity index (χ4n) is 1.59. The largest absolute Gasteiger partial charge is 0.402 e. The maximum absolute atomic E-state index is 5.76. The lowest BCUT2D eigenvalue weighted by atomic mass is 9.95. The van der Waals surface area contributed by atoms with Gasteiger partial charge in [-0.05, 0) is 35.3 Å². The molecule has 11 heavy (non-hydrogen) atoms. The van der Waals surface area contributed by atoms with Gasteiger partial charge in [0.05, 0.1) is 0 Å². The van der Waals surface area contributed by atoms with Crippen LogP contribution in [0.15, 0.2) is 33.7 Å². The van der Waals surface area contributed by atoms with Crippen LogP contribution in [-0.2, 0) is 0 Å². The highest BCUT2D eigenvalue weighted by Crippen LogP contribution is 2.41. The Kier molecular flexibility index (Phi) is 1.57. The van der Waals surface area contributed by atoms with Crippen molar-refractivity contribution in [1.82, 2.24) is 0 Å². The van der Waals surface area contributed by atoms with Crippen LogP contribution in [0.5, 0.6) is 0 Å². The first-order valence-corrected chi connectivity index (χ1v) is 4.65. The minimum absolute atomic E-state index is 0.588. The molecule has 1 nitrogen and oxygen atoms in total. The summed E-state index contributed by atoms with van der Waals surface area (Å²) < 4.78 is 0. The summed E-state index contributed by atoms with van der Waals surface area (Å²) in [6.45, 7) is 2.13. The third-order valence-corrected chi connectivity index (χ3v) is 3.26. The predicted octanol–water partition coefficient (Wildman–Crippen LogP) is 2.38. The number of hydrogen-bond acceptors (Lipinski definition) is 2. The van der Waals surface area contributed by atoms with Gasteiger partial charge in [-0.1, -0.05) is 6.08 Å². The van der Waals surface area contributed by atoms with Gasteiger partial charge < -0.3 is 5.73 Å². The van der Waals surface area contributed by atoms with Gasteiger partial charge in [-0.2, -0.15) is 0 Å². The average Bonchev–Trinajstić information content (AvgIpc) is 2.34. The van der Waals surface area contributed by atoms with Crippen LogP contribution in [0.1, 0.15) is 13.3 Å². The molecule has 2 aliphatic rings. The zero-order valence-electron chi connectivity index (χ0n) is 6.50. The maximum Gasteiger partial charge on any atom is 0.0147 e. The Morgan fingerprint density at radius 3 is 3.27 bits per heavy atom. The van der Waals surface area contributed by atoms with E-state index in [1.807, 2.05) is 11.8 Å². The molecular formula is C9H11NS. The van der Waals surface area contributed by atoms with Crippen molar-refractivity contribution in [3.63, 3.8) is 0 Å². The first-order valence-electron chi connectivity index (χ1n) is 3.77. The first kappa shape index (κ1) is 7.04. The monoisotopic (exact) mass is 165 g/mol. The normalized spacial score (nSPS) is 28.8. The molecule has 1 atom stereocenters. The van der Waals surface area contributed by atoms with Crippen LogP contribution in [0.4, 0.5) is 0 Å². The van der Waals surface area contributed by atoms with Crippen molar-refractivity contribution in [2.75, 3.05) is 0 Å². The lowest BCUT2D eigenvalue weighted by molar-refractivity contribution is 0.760. The smallest absolute Gasteiger partial charge is 0.0147 e. The van der Waals surface area contributed by atoms with Crippen LogP contribution in [-0.4, -0.2) is 0 Å². The third-order valence-electron chi connectivity index (χ3n) is 2.09. The molecule has 1 heterocycles. The number of nitrogens with two attached hydrogens (primary N) is 1. The van der Waals surface area contributed by atoms with Crippen molar-refractivity contribution in [3.05, 3.63) is 33.7 Å². The van der Waals surface area contributed by atoms with Crippen LogP contribution in [0, 0.1) is 5.92 Å². The molecule has 2 heteroatoms. The summed E-state index contributed by atoms with van der Waals surface area (Å²) in [5.41, 5.74) is 8.12.